The number of ketones is 2. The second kappa shape index (κ2) is 3.18. The Morgan fingerprint density at radius 1 is 1.07 bits per heavy atom. The number of carbonyl (C=O) groups excluding carboxylic acids is 2. The van der Waals surface area contributed by atoms with Crippen molar-refractivity contribution in [3.05, 3.63) is 0 Å². The van der Waals surface area contributed by atoms with Gasteiger partial charge in [0.25, 0.3) is 0 Å². The SMILES string of the molecule is CC1(C)CC(=O)C(C(C)(C)C)C(=O)C1. The Morgan fingerprint density at radius 2 is 1.43 bits per heavy atom. The summed E-state index contributed by atoms with van der Waals surface area (Å²) in [4.78, 5) is 23.7. The molecule has 0 saturated heterocycles. The fourth-order valence-electron chi connectivity index (χ4n) is 2.36. The van der Waals surface area contributed by atoms with Crippen LogP contribution in [0.4, 0.5) is 0 Å². The van der Waals surface area contributed by atoms with Crippen molar-refractivity contribution in [2.24, 2.45) is 16.7 Å². The van der Waals surface area contributed by atoms with E-state index in [1.807, 2.05) is 34.6 Å². The van der Waals surface area contributed by atoms with Crippen LogP contribution in [-0.4, -0.2) is 11.6 Å². The van der Waals surface area contributed by atoms with Gasteiger partial charge in [-0.3, -0.25) is 9.59 Å². The fourth-order valence-corrected chi connectivity index (χ4v) is 2.36. The highest BCUT2D eigenvalue weighted by Crippen LogP contribution is 2.40. The van der Waals surface area contributed by atoms with Gasteiger partial charge in [0.2, 0.25) is 0 Å². The molecule has 1 saturated carbocycles. The Hall–Kier alpha value is -0.660. The molecular formula is C12H20O2. The van der Waals surface area contributed by atoms with E-state index < -0.39 is 0 Å². The molecule has 0 heterocycles. The molecule has 0 radical (unpaired) electrons. The van der Waals surface area contributed by atoms with Gasteiger partial charge in [0, 0.05) is 12.8 Å². The molecule has 2 nitrogen and oxygen atoms in total. The number of Topliss-reactive ketones (excluding diaryl/α,β-unsaturated/α-hetero) is 2. The average Bonchev–Trinajstić information content (AvgIpc) is 1.75. The Morgan fingerprint density at radius 3 is 1.71 bits per heavy atom. The highest BCUT2D eigenvalue weighted by atomic mass is 16.2. The number of hydrogen-bond acceptors (Lipinski definition) is 2. The lowest BCUT2D eigenvalue weighted by molar-refractivity contribution is -0.144. The van der Waals surface area contributed by atoms with Gasteiger partial charge in [-0.1, -0.05) is 34.6 Å². The van der Waals surface area contributed by atoms with Crippen LogP contribution in [0.1, 0.15) is 47.5 Å². The fraction of sp³-hybridized carbons (Fsp3) is 0.833. The second-order valence-corrected chi connectivity index (χ2v) is 6.25. The summed E-state index contributed by atoms with van der Waals surface area (Å²) in [6, 6.07) is 0. The van der Waals surface area contributed by atoms with Gasteiger partial charge in [-0.05, 0) is 10.8 Å². The first-order chi connectivity index (χ1) is 6.13. The van der Waals surface area contributed by atoms with E-state index in [0.717, 1.165) is 0 Å². The summed E-state index contributed by atoms with van der Waals surface area (Å²) in [7, 11) is 0. The summed E-state index contributed by atoms with van der Waals surface area (Å²) in [5, 5.41) is 0. The molecule has 0 aromatic heterocycles. The van der Waals surface area contributed by atoms with Crippen molar-refractivity contribution < 1.29 is 9.59 Å². The van der Waals surface area contributed by atoms with Crippen molar-refractivity contribution in [2.45, 2.75) is 47.5 Å². The van der Waals surface area contributed by atoms with Gasteiger partial charge < -0.3 is 0 Å². The van der Waals surface area contributed by atoms with Crippen LogP contribution in [0.15, 0.2) is 0 Å². The van der Waals surface area contributed by atoms with Crippen molar-refractivity contribution in [1.29, 1.82) is 0 Å². The van der Waals surface area contributed by atoms with Crippen LogP contribution in [0.2, 0.25) is 0 Å². The Kier molecular flexibility index (Phi) is 2.59. The van der Waals surface area contributed by atoms with Gasteiger partial charge in [-0.15, -0.1) is 0 Å². The molecule has 1 aliphatic rings. The summed E-state index contributed by atoms with van der Waals surface area (Å²) in [6.07, 6.45) is 1.08. The van der Waals surface area contributed by atoms with Crippen molar-refractivity contribution in [3.63, 3.8) is 0 Å². The van der Waals surface area contributed by atoms with Gasteiger partial charge >= 0.3 is 0 Å². The predicted molar refractivity (Wildman–Crippen MR) is 56.0 cm³/mol. The zero-order valence-electron chi connectivity index (χ0n) is 9.81. The molecule has 2 heteroatoms. The van der Waals surface area contributed by atoms with Gasteiger partial charge in [0.05, 0.1) is 5.92 Å². The molecule has 0 amide bonds. The lowest BCUT2D eigenvalue weighted by Gasteiger charge is -2.37. The van der Waals surface area contributed by atoms with E-state index in [4.69, 9.17) is 0 Å². The first-order valence-electron chi connectivity index (χ1n) is 5.19. The van der Waals surface area contributed by atoms with Crippen molar-refractivity contribution >= 4 is 11.6 Å². The highest BCUT2D eigenvalue weighted by Gasteiger charge is 2.44. The van der Waals surface area contributed by atoms with Crippen molar-refractivity contribution in [1.82, 2.24) is 0 Å². The minimum atomic E-state index is -0.379. The van der Waals surface area contributed by atoms with Crippen LogP contribution in [0.25, 0.3) is 0 Å². The van der Waals surface area contributed by atoms with E-state index in [-0.39, 0.29) is 28.3 Å². The summed E-state index contributed by atoms with van der Waals surface area (Å²) in [5.74, 6) is -0.131. The van der Waals surface area contributed by atoms with Gasteiger partial charge in [-0.25, -0.2) is 0 Å². The van der Waals surface area contributed by atoms with E-state index in [0.29, 0.717) is 12.8 Å². The van der Waals surface area contributed by atoms with Crippen LogP contribution in [0, 0.1) is 16.7 Å². The molecule has 0 aromatic rings. The van der Waals surface area contributed by atoms with E-state index in [1.54, 1.807) is 0 Å². The molecule has 0 bridgehead atoms. The van der Waals surface area contributed by atoms with Crippen molar-refractivity contribution in [2.75, 3.05) is 0 Å². The molecule has 0 atom stereocenters. The summed E-state index contributed by atoms with van der Waals surface area (Å²) < 4.78 is 0. The third-order valence-corrected chi connectivity index (χ3v) is 2.82. The second-order valence-electron chi connectivity index (χ2n) is 6.25. The summed E-state index contributed by atoms with van der Waals surface area (Å²) in [6.45, 7) is 9.87. The van der Waals surface area contributed by atoms with Crippen LogP contribution in [-0.2, 0) is 9.59 Å². The lowest BCUT2D eigenvalue weighted by Crippen LogP contribution is -2.43. The molecule has 14 heavy (non-hydrogen) atoms. The maximum absolute atomic E-state index is 11.8. The maximum Gasteiger partial charge on any atom is 0.144 e. The molecule has 0 aromatic carbocycles. The van der Waals surface area contributed by atoms with E-state index >= 15 is 0 Å². The standard InChI is InChI=1S/C12H20O2/c1-11(2,3)10-8(13)6-12(4,5)7-9(10)14/h10H,6-7H2,1-5H3. The average molecular weight is 196 g/mol. The van der Waals surface area contributed by atoms with Crippen LogP contribution in [0.5, 0.6) is 0 Å². The predicted octanol–water partition coefficient (Wildman–Crippen LogP) is 2.61. The minimum absolute atomic E-state index is 0.124. The number of rotatable bonds is 0. The largest absolute Gasteiger partial charge is 0.299 e. The minimum Gasteiger partial charge on any atom is -0.299 e. The van der Waals surface area contributed by atoms with Crippen LogP contribution in [0.3, 0.4) is 0 Å². The zero-order valence-corrected chi connectivity index (χ0v) is 9.81. The Bertz CT molecular complexity index is 249. The molecular weight excluding hydrogens is 176 g/mol. The molecule has 1 aliphatic carbocycles. The van der Waals surface area contributed by atoms with E-state index in [1.165, 1.54) is 0 Å². The third kappa shape index (κ3) is 2.23. The molecule has 0 spiro atoms. The van der Waals surface area contributed by atoms with E-state index in [9.17, 15) is 9.59 Å². The summed E-state index contributed by atoms with van der Waals surface area (Å²) in [5.41, 5.74) is -0.347. The zero-order chi connectivity index (χ0) is 11.1. The van der Waals surface area contributed by atoms with Gasteiger partial charge in [-0.2, -0.15) is 0 Å². The van der Waals surface area contributed by atoms with E-state index in [2.05, 4.69) is 0 Å². The first kappa shape index (κ1) is 11.4. The Labute approximate surface area is 86.1 Å². The quantitative estimate of drug-likeness (QED) is 0.558. The molecule has 1 rings (SSSR count). The topological polar surface area (TPSA) is 34.1 Å². The smallest absolute Gasteiger partial charge is 0.144 e. The number of hydrogen-bond donors (Lipinski definition) is 0. The third-order valence-electron chi connectivity index (χ3n) is 2.82. The number of carbonyl (C=O) groups is 2. The highest BCUT2D eigenvalue weighted by molar-refractivity contribution is 6.05. The van der Waals surface area contributed by atoms with Crippen molar-refractivity contribution in [3.8, 4) is 0 Å². The monoisotopic (exact) mass is 196 g/mol. The molecule has 1 fully saturated rings. The van der Waals surface area contributed by atoms with Gasteiger partial charge in [0.15, 0.2) is 0 Å². The van der Waals surface area contributed by atoms with Gasteiger partial charge in [0.1, 0.15) is 11.6 Å². The normalized spacial score (nSPS) is 24.1. The van der Waals surface area contributed by atoms with Crippen LogP contribution < -0.4 is 0 Å². The van der Waals surface area contributed by atoms with Crippen LogP contribution >= 0.6 is 0 Å². The maximum atomic E-state index is 11.8. The first-order valence-corrected chi connectivity index (χ1v) is 5.19. The Balaban J connectivity index is 2.93. The summed E-state index contributed by atoms with van der Waals surface area (Å²) >= 11 is 0. The lowest BCUT2D eigenvalue weighted by atomic mass is 9.64. The molecule has 80 valence electrons. The molecule has 0 unspecified atom stereocenters. The molecule has 0 N–H and O–H groups in total. The molecule has 0 aliphatic heterocycles.